The molecule has 0 unspecified atom stereocenters. The molecule has 0 saturated heterocycles. The fourth-order valence-corrected chi connectivity index (χ4v) is 2.98. The summed E-state index contributed by atoms with van der Waals surface area (Å²) in [4.78, 5) is 14.1. The number of amides is 1. The average molecular weight is 305 g/mol. The summed E-state index contributed by atoms with van der Waals surface area (Å²) in [6.45, 7) is 4.37. The lowest BCUT2D eigenvalue weighted by molar-refractivity contribution is 0.103. The van der Waals surface area contributed by atoms with E-state index in [-0.39, 0.29) is 19.1 Å². The Morgan fingerprint density at radius 1 is 1.33 bits per heavy atom. The number of thiophene rings is 1. The zero-order valence-electron chi connectivity index (χ0n) is 12.2. The number of hydrogen-bond donors (Lipinski definition) is 2. The van der Waals surface area contributed by atoms with Gasteiger partial charge < -0.3 is 15.2 Å². The van der Waals surface area contributed by atoms with Crippen molar-refractivity contribution in [2.45, 2.75) is 20.3 Å². The van der Waals surface area contributed by atoms with Crippen molar-refractivity contribution < 1.29 is 14.6 Å². The van der Waals surface area contributed by atoms with Gasteiger partial charge in [0.1, 0.15) is 12.4 Å². The van der Waals surface area contributed by atoms with E-state index in [9.17, 15) is 4.79 Å². The number of carbonyl (C=O) groups is 1. The van der Waals surface area contributed by atoms with Crippen LogP contribution in [0.3, 0.4) is 0 Å². The number of nitrogens with one attached hydrogen (secondary N) is 1. The quantitative estimate of drug-likeness (QED) is 0.861. The van der Waals surface area contributed by atoms with Gasteiger partial charge in [-0.25, -0.2) is 0 Å². The monoisotopic (exact) mass is 305 g/mol. The molecule has 0 fully saturated rings. The van der Waals surface area contributed by atoms with E-state index in [1.807, 2.05) is 13.0 Å². The van der Waals surface area contributed by atoms with Crippen LogP contribution in [0, 0.1) is 6.92 Å². The third-order valence-electron chi connectivity index (χ3n) is 3.10. The summed E-state index contributed by atoms with van der Waals surface area (Å²) in [7, 11) is 0. The van der Waals surface area contributed by atoms with Gasteiger partial charge in [0, 0.05) is 10.6 Å². The minimum absolute atomic E-state index is 0.0179. The van der Waals surface area contributed by atoms with Gasteiger partial charge in [0.2, 0.25) is 0 Å². The third-order valence-corrected chi connectivity index (χ3v) is 4.19. The molecule has 0 aliphatic heterocycles. The Labute approximate surface area is 128 Å². The second kappa shape index (κ2) is 7.24. The van der Waals surface area contributed by atoms with E-state index in [1.165, 1.54) is 21.8 Å². The van der Waals surface area contributed by atoms with E-state index in [2.05, 4.69) is 12.2 Å². The first-order valence-electron chi connectivity index (χ1n) is 6.88. The van der Waals surface area contributed by atoms with Crippen LogP contribution in [0.15, 0.2) is 30.3 Å². The molecule has 0 atom stereocenters. The number of aliphatic hydroxyl groups is 1. The van der Waals surface area contributed by atoms with Crippen molar-refractivity contribution in [2.75, 3.05) is 18.5 Å². The summed E-state index contributed by atoms with van der Waals surface area (Å²) in [6.07, 6.45) is 0.937. The molecule has 0 saturated carbocycles. The number of benzene rings is 1. The molecule has 0 radical (unpaired) electrons. The Balaban J connectivity index is 2.01. The van der Waals surface area contributed by atoms with Gasteiger partial charge in [0.05, 0.1) is 11.5 Å². The molecule has 0 bridgehead atoms. The first-order valence-corrected chi connectivity index (χ1v) is 7.70. The number of carbonyl (C=O) groups excluding carboxylic acids is 1. The van der Waals surface area contributed by atoms with Gasteiger partial charge in [-0.2, -0.15) is 0 Å². The highest BCUT2D eigenvalue weighted by molar-refractivity contribution is 7.14. The summed E-state index contributed by atoms with van der Waals surface area (Å²) in [5.74, 6) is 0.578. The van der Waals surface area contributed by atoms with Crippen LogP contribution in [-0.2, 0) is 6.42 Å². The van der Waals surface area contributed by atoms with Crippen LogP contribution in [0.25, 0.3) is 0 Å². The molecule has 1 amide bonds. The van der Waals surface area contributed by atoms with Crippen molar-refractivity contribution in [3.05, 3.63) is 45.6 Å². The van der Waals surface area contributed by atoms with E-state index >= 15 is 0 Å². The van der Waals surface area contributed by atoms with Gasteiger partial charge in [-0.3, -0.25) is 4.79 Å². The van der Waals surface area contributed by atoms with Crippen LogP contribution in [0.1, 0.15) is 27.0 Å². The van der Waals surface area contributed by atoms with E-state index in [4.69, 9.17) is 9.84 Å². The highest BCUT2D eigenvalue weighted by Crippen LogP contribution is 2.23. The third kappa shape index (κ3) is 4.06. The van der Waals surface area contributed by atoms with Crippen LogP contribution >= 0.6 is 11.3 Å². The Kier molecular flexibility index (Phi) is 5.36. The lowest BCUT2D eigenvalue weighted by Gasteiger charge is -2.06. The first kappa shape index (κ1) is 15.5. The maximum absolute atomic E-state index is 12.2. The molecule has 2 rings (SSSR count). The van der Waals surface area contributed by atoms with E-state index < -0.39 is 0 Å². The average Bonchev–Trinajstić information content (AvgIpc) is 2.88. The molecular weight excluding hydrogens is 286 g/mol. The molecule has 5 heteroatoms. The van der Waals surface area contributed by atoms with Crippen LogP contribution in [-0.4, -0.2) is 24.2 Å². The van der Waals surface area contributed by atoms with Crippen LogP contribution in [0.5, 0.6) is 5.75 Å². The van der Waals surface area contributed by atoms with Crippen molar-refractivity contribution >= 4 is 22.9 Å². The Morgan fingerprint density at radius 3 is 2.62 bits per heavy atom. The molecule has 0 aliphatic carbocycles. The van der Waals surface area contributed by atoms with Crippen molar-refractivity contribution in [2.24, 2.45) is 0 Å². The highest BCUT2D eigenvalue weighted by atomic mass is 32.1. The lowest BCUT2D eigenvalue weighted by Crippen LogP contribution is -2.10. The smallest absolute Gasteiger partial charge is 0.265 e. The SMILES string of the molecule is CCc1cc(C(=O)Nc2ccc(OCCO)cc2)sc1C. The van der Waals surface area contributed by atoms with Gasteiger partial charge >= 0.3 is 0 Å². The Morgan fingerprint density at radius 2 is 2.05 bits per heavy atom. The maximum atomic E-state index is 12.2. The van der Waals surface area contributed by atoms with E-state index in [0.29, 0.717) is 5.75 Å². The Hall–Kier alpha value is -1.85. The normalized spacial score (nSPS) is 10.4. The summed E-state index contributed by atoms with van der Waals surface area (Å²) < 4.78 is 5.27. The maximum Gasteiger partial charge on any atom is 0.265 e. The fourth-order valence-electron chi connectivity index (χ4n) is 1.97. The van der Waals surface area contributed by atoms with Crippen LogP contribution < -0.4 is 10.1 Å². The molecule has 1 aromatic carbocycles. The van der Waals surface area contributed by atoms with Crippen molar-refractivity contribution in [3.63, 3.8) is 0 Å². The zero-order valence-corrected chi connectivity index (χ0v) is 13.0. The van der Waals surface area contributed by atoms with Crippen molar-refractivity contribution in [3.8, 4) is 5.75 Å². The molecule has 0 spiro atoms. The predicted octanol–water partition coefficient (Wildman–Crippen LogP) is 3.24. The molecule has 1 aromatic heterocycles. The molecule has 2 N–H and O–H groups in total. The molecule has 112 valence electrons. The molecule has 1 heterocycles. The standard InChI is InChI=1S/C16H19NO3S/c1-3-12-10-15(21-11(12)2)16(19)17-13-4-6-14(7-5-13)20-9-8-18/h4-7,10,18H,3,8-9H2,1-2H3,(H,17,19). The number of hydrogen-bond acceptors (Lipinski definition) is 4. The van der Waals surface area contributed by atoms with Crippen LogP contribution in [0.2, 0.25) is 0 Å². The number of aryl methyl sites for hydroxylation is 2. The van der Waals surface area contributed by atoms with Crippen molar-refractivity contribution in [1.29, 1.82) is 0 Å². The molecule has 2 aromatic rings. The summed E-state index contributed by atoms with van der Waals surface area (Å²) in [6, 6.07) is 9.05. The summed E-state index contributed by atoms with van der Waals surface area (Å²) in [5, 5.41) is 11.6. The van der Waals surface area contributed by atoms with E-state index in [1.54, 1.807) is 24.3 Å². The van der Waals surface area contributed by atoms with Crippen molar-refractivity contribution in [1.82, 2.24) is 0 Å². The van der Waals surface area contributed by atoms with Crippen LogP contribution in [0.4, 0.5) is 5.69 Å². The number of ether oxygens (including phenoxy) is 1. The second-order valence-electron chi connectivity index (χ2n) is 4.60. The molecule has 0 aliphatic rings. The second-order valence-corrected chi connectivity index (χ2v) is 5.85. The van der Waals surface area contributed by atoms with Gasteiger partial charge in [-0.1, -0.05) is 6.92 Å². The Bertz CT molecular complexity index is 604. The zero-order chi connectivity index (χ0) is 15.2. The predicted molar refractivity (Wildman–Crippen MR) is 85.4 cm³/mol. The van der Waals surface area contributed by atoms with Gasteiger partial charge in [-0.15, -0.1) is 11.3 Å². The topological polar surface area (TPSA) is 58.6 Å². The fraction of sp³-hybridized carbons (Fsp3) is 0.312. The van der Waals surface area contributed by atoms with Gasteiger partial charge in [-0.05, 0) is 49.2 Å². The minimum Gasteiger partial charge on any atom is -0.491 e. The number of rotatable bonds is 6. The summed E-state index contributed by atoms with van der Waals surface area (Å²) >= 11 is 1.52. The van der Waals surface area contributed by atoms with Gasteiger partial charge in [0.25, 0.3) is 5.91 Å². The first-order chi connectivity index (χ1) is 10.1. The number of anilines is 1. The van der Waals surface area contributed by atoms with Gasteiger partial charge in [0.15, 0.2) is 0 Å². The molecule has 4 nitrogen and oxygen atoms in total. The lowest BCUT2D eigenvalue weighted by atomic mass is 10.2. The number of aliphatic hydroxyl groups excluding tert-OH is 1. The molecule has 21 heavy (non-hydrogen) atoms. The molecular formula is C16H19NO3S. The minimum atomic E-state index is -0.0909. The van der Waals surface area contributed by atoms with E-state index in [0.717, 1.165) is 17.0 Å². The largest absolute Gasteiger partial charge is 0.491 e. The summed E-state index contributed by atoms with van der Waals surface area (Å²) in [5.41, 5.74) is 1.94. The highest BCUT2D eigenvalue weighted by Gasteiger charge is 2.11.